The highest BCUT2D eigenvalue weighted by atomic mass is 16.3. The van der Waals surface area contributed by atoms with Crippen molar-refractivity contribution in [3.63, 3.8) is 0 Å². The zero-order valence-electron chi connectivity index (χ0n) is 12.3. The van der Waals surface area contributed by atoms with Crippen molar-refractivity contribution in [1.82, 2.24) is 0 Å². The molecule has 2 N–H and O–H groups in total. The van der Waals surface area contributed by atoms with Crippen LogP contribution in [-0.4, -0.2) is 22.9 Å². The summed E-state index contributed by atoms with van der Waals surface area (Å²) >= 11 is 0. The number of aliphatic hydroxyl groups excluding tert-OH is 2. The van der Waals surface area contributed by atoms with Crippen LogP contribution < -0.4 is 0 Å². The van der Waals surface area contributed by atoms with Crippen molar-refractivity contribution < 1.29 is 10.2 Å². The number of aliphatic hydroxyl groups is 2. The van der Waals surface area contributed by atoms with Crippen LogP contribution in [0.2, 0.25) is 0 Å². The number of fused-ring (bicyclic) bond motifs is 1. The predicted molar refractivity (Wildman–Crippen MR) is 74.3 cm³/mol. The summed E-state index contributed by atoms with van der Waals surface area (Å²) in [7, 11) is 0. The van der Waals surface area contributed by atoms with Gasteiger partial charge in [-0.1, -0.05) is 27.2 Å². The maximum absolute atomic E-state index is 10.4. The summed E-state index contributed by atoms with van der Waals surface area (Å²) < 4.78 is 0. The van der Waals surface area contributed by atoms with E-state index in [0.717, 1.165) is 25.2 Å². The van der Waals surface area contributed by atoms with Crippen LogP contribution in [0.4, 0.5) is 0 Å². The summed E-state index contributed by atoms with van der Waals surface area (Å²) in [6, 6.07) is 0. The van der Waals surface area contributed by atoms with E-state index in [1.807, 2.05) is 0 Å². The van der Waals surface area contributed by atoms with Gasteiger partial charge in [-0.3, -0.25) is 0 Å². The molecule has 0 aliphatic heterocycles. The first-order valence-corrected chi connectivity index (χ1v) is 7.71. The van der Waals surface area contributed by atoms with E-state index in [9.17, 15) is 5.11 Å². The van der Waals surface area contributed by atoms with Gasteiger partial charge in [0.2, 0.25) is 0 Å². The quantitative estimate of drug-likeness (QED) is 0.810. The first-order valence-electron chi connectivity index (χ1n) is 7.71. The van der Waals surface area contributed by atoms with Gasteiger partial charge >= 0.3 is 0 Å². The number of rotatable bonds is 3. The van der Waals surface area contributed by atoms with Gasteiger partial charge in [-0.25, -0.2) is 0 Å². The maximum atomic E-state index is 10.4. The van der Waals surface area contributed by atoms with Gasteiger partial charge in [0.1, 0.15) is 0 Å². The van der Waals surface area contributed by atoms with E-state index in [4.69, 9.17) is 5.11 Å². The Morgan fingerprint density at radius 2 is 1.83 bits per heavy atom. The second-order valence-electron chi connectivity index (χ2n) is 7.52. The summed E-state index contributed by atoms with van der Waals surface area (Å²) in [5.74, 6) is 1.13. The lowest BCUT2D eigenvalue weighted by Crippen LogP contribution is -2.53. The fourth-order valence-electron chi connectivity index (χ4n) is 5.14. The van der Waals surface area contributed by atoms with Gasteiger partial charge in [0, 0.05) is 6.61 Å². The molecule has 0 saturated heterocycles. The van der Waals surface area contributed by atoms with E-state index in [1.165, 1.54) is 25.7 Å². The molecule has 0 bridgehead atoms. The van der Waals surface area contributed by atoms with Crippen molar-refractivity contribution in [2.24, 2.45) is 22.7 Å². The van der Waals surface area contributed by atoms with Gasteiger partial charge < -0.3 is 10.2 Å². The summed E-state index contributed by atoms with van der Waals surface area (Å²) in [6.45, 7) is 7.49. The highest BCUT2D eigenvalue weighted by Gasteiger charge is 2.53. The first-order chi connectivity index (χ1) is 8.42. The molecule has 0 unspecified atom stereocenters. The average molecular weight is 254 g/mol. The van der Waals surface area contributed by atoms with E-state index in [2.05, 4.69) is 20.8 Å². The molecule has 0 aromatic rings. The van der Waals surface area contributed by atoms with Crippen molar-refractivity contribution in [2.45, 2.75) is 71.8 Å². The molecular weight excluding hydrogens is 224 g/mol. The highest BCUT2D eigenvalue weighted by Crippen LogP contribution is 2.60. The van der Waals surface area contributed by atoms with Crippen LogP contribution >= 0.6 is 0 Å². The summed E-state index contributed by atoms with van der Waals surface area (Å²) in [6.07, 6.45) is 7.70. The van der Waals surface area contributed by atoms with E-state index in [-0.39, 0.29) is 18.1 Å². The highest BCUT2D eigenvalue weighted by molar-refractivity contribution is 5.03. The van der Waals surface area contributed by atoms with Gasteiger partial charge in [0.25, 0.3) is 0 Å². The molecule has 0 aromatic carbocycles. The first kappa shape index (κ1) is 14.3. The SMILES string of the molecule is CC1(C)CCC[C@@]2(C)[C@H](CCCO)[C@H](O)CC[C@H]12. The third-order valence-electron chi connectivity index (χ3n) is 6.01. The summed E-state index contributed by atoms with van der Waals surface area (Å²) in [5.41, 5.74) is 0.708. The van der Waals surface area contributed by atoms with Crippen LogP contribution in [0, 0.1) is 22.7 Å². The van der Waals surface area contributed by atoms with E-state index >= 15 is 0 Å². The second kappa shape index (κ2) is 5.13. The smallest absolute Gasteiger partial charge is 0.0573 e. The minimum Gasteiger partial charge on any atom is -0.396 e. The fourth-order valence-corrected chi connectivity index (χ4v) is 5.14. The number of hydrogen-bond donors (Lipinski definition) is 2. The lowest BCUT2D eigenvalue weighted by molar-refractivity contribution is -0.126. The Hall–Kier alpha value is -0.0800. The van der Waals surface area contributed by atoms with Gasteiger partial charge in [0.05, 0.1) is 6.10 Å². The molecule has 2 fully saturated rings. The van der Waals surface area contributed by atoms with E-state index in [1.54, 1.807) is 0 Å². The largest absolute Gasteiger partial charge is 0.396 e. The molecule has 2 nitrogen and oxygen atoms in total. The minimum absolute atomic E-state index is 0.147. The van der Waals surface area contributed by atoms with Gasteiger partial charge in [0.15, 0.2) is 0 Å². The van der Waals surface area contributed by atoms with Crippen LogP contribution in [0.5, 0.6) is 0 Å². The van der Waals surface area contributed by atoms with Crippen LogP contribution in [0.3, 0.4) is 0 Å². The molecule has 0 spiro atoms. The molecule has 2 saturated carbocycles. The number of hydrogen-bond acceptors (Lipinski definition) is 2. The molecule has 0 heterocycles. The second-order valence-corrected chi connectivity index (χ2v) is 7.52. The van der Waals surface area contributed by atoms with Crippen LogP contribution in [-0.2, 0) is 0 Å². The molecule has 2 rings (SSSR count). The molecule has 0 amide bonds. The van der Waals surface area contributed by atoms with Crippen LogP contribution in [0.1, 0.15) is 65.7 Å². The fraction of sp³-hybridized carbons (Fsp3) is 1.00. The third kappa shape index (κ3) is 2.34. The lowest BCUT2D eigenvalue weighted by Gasteiger charge is -2.58. The zero-order valence-corrected chi connectivity index (χ0v) is 12.3. The molecule has 18 heavy (non-hydrogen) atoms. The standard InChI is InChI=1S/C16H30O2/c1-15(2)9-5-10-16(3)12(6-4-11-17)13(18)7-8-14(15)16/h12-14,17-18H,4-11H2,1-3H3/t12-,13-,14-,16+/m1/s1. The van der Waals surface area contributed by atoms with Gasteiger partial charge in [-0.15, -0.1) is 0 Å². The monoisotopic (exact) mass is 254 g/mol. The molecule has 106 valence electrons. The summed E-state index contributed by atoms with van der Waals surface area (Å²) in [4.78, 5) is 0. The Morgan fingerprint density at radius 3 is 2.50 bits per heavy atom. The molecule has 2 heteroatoms. The molecule has 4 atom stereocenters. The Balaban J connectivity index is 2.22. The van der Waals surface area contributed by atoms with Crippen molar-refractivity contribution in [2.75, 3.05) is 6.61 Å². The van der Waals surface area contributed by atoms with Crippen molar-refractivity contribution >= 4 is 0 Å². The van der Waals surface area contributed by atoms with Crippen LogP contribution in [0.25, 0.3) is 0 Å². The van der Waals surface area contributed by atoms with Gasteiger partial charge in [-0.2, -0.15) is 0 Å². The van der Waals surface area contributed by atoms with Crippen molar-refractivity contribution in [3.8, 4) is 0 Å². The molecule has 2 aliphatic carbocycles. The van der Waals surface area contributed by atoms with Gasteiger partial charge in [-0.05, 0) is 61.2 Å². The Labute approximate surface area is 112 Å². The average Bonchev–Trinajstić information content (AvgIpc) is 2.27. The van der Waals surface area contributed by atoms with E-state index in [0.29, 0.717) is 11.3 Å². The summed E-state index contributed by atoms with van der Waals surface area (Å²) in [5, 5.41) is 19.5. The molecular formula is C16H30O2. The molecule has 0 radical (unpaired) electrons. The normalized spacial score (nSPS) is 43.5. The van der Waals surface area contributed by atoms with Crippen molar-refractivity contribution in [3.05, 3.63) is 0 Å². The Bertz CT molecular complexity index is 287. The minimum atomic E-state index is -0.147. The predicted octanol–water partition coefficient (Wildman–Crippen LogP) is 3.36. The topological polar surface area (TPSA) is 40.5 Å². The maximum Gasteiger partial charge on any atom is 0.0573 e. The Kier molecular flexibility index (Phi) is 4.08. The third-order valence-corrected chi connectivity index (χ3v) is 6.01. The van der Waals surface area contributed by atoms with Crippen LogP contribution in [0.15, 0.2) is 0 Å². The van der Waals surface area contributed by atoms with E-state index < -0.39 is 0 Å². The molecule has 0 aromatic heterocycles. The Morgan fingerprint density at radius 1 is 1.11 bits per heavy atom. The molecule has 2 aliphatic rings. The lowest BCUT2D eigenvalue weighted by atomic mass is 9.47. The zero-order chi connectivity index (χ0) is 13.4. The van der Waals surface area contributed by atoms with Crippen molar-refractivity contribution in [1.29, 1.82) is 0 Å².